The Hall–Kier alpha value is -2.97. The first-order chi connectivity index (χ1) is 11.1. The minimum absolute atomic E-state index is 0.0526. The number of hydrogen-bond acceptors (Lipinski definition) is 7. The average molecular weight is 317 g/mol. The van der Waals surface area contributed by atoms with Crippen LogP contribution in [-0.4, -0.2) is 38.6 Å². The van der Waals surface area contributed by atoms with Crippen molar-refractivity contribution in [1.29, 1.82) is 0 Å². The first-order valence-electron chi connectivity index (χ1n) is 7.10. The molecule has 23 heavy (non-hydrogen) atoms. The zero-order valence-corrected chi connectivity index (χ0v) is 12.5. The highest BCUT2D eigenvalue weighted by Crippen LogP contribution is 2.23. The van der Waals surface area contributed by atoms with E-state index >= 15 is 0 Å². The van der Waals surface area contributed by atoms with E-state index in [1.807, 2.05) is 19.1 Å². The third-order valence-electron chi connectivity index (χ3n) is 3.53. The minimum Gasteiger partial charge on any atom is -0.417 e. The third kappa shape index (κ3) is 2.85. The van der Waals surface area contributed by atoms with Crippen LogP contribution in [0.3, 0.4) is 0 Å². The average Bonchev–Trinajstić information content (AvgIpc) is 3.18. The summed E-state index contributed by atoms with van der Waals surface area (Å²) in [5, 5.41) is 11.3. The van der Waals surface area contributed by atoms with Crippen LogP contribution in [0.5, 0.6) is 0 Å². The number of rotatable bonds is 4. The highest BCUT2D eigenvalue weighted by Gasteiger charge is 2.31. The lowest BCUT2D eigenvalue weighted by molar-refractivity contribution is 0.0685. The zero-order valence-electron chi connectivity index (χ0n) is 12.5. The van der Waals surface area contributed by atoms with Gasteiger partial charge in [-0.2, -0.15) is 0 Å². The van der Waals surface area contributed by atoms with Gasteiger partial charge in [-0.1, -0.05) is 17.3 Å². The largest absolute Gasteiger partial charge is 0.417 e. The number of carbonyl (C=O) groups is 2. The Morgan fingerprint density at radius 3 is 2.96 bits per heavy atom. The molecule has 120 valence electrons. The zero-order chi connectivity index (χ0) is 16.4. The summed E-state index contributed by atoms with van der Waals surface area (Å²) in [6.45, 7) is 2.46. The Balaban J connectivity index is 1.77. The lowest BCUT2D eigenvalue weighted by Crippen LogP contribution is -2.36. The van der Waals surface area contributed by atoms with Crippen molar-refractivity contribution in [1.82, 2.24) is 20.3 Å². The Labute approximate surface area is 131 Å². The summed E-state index contributed by atoms with van der Waals surface area (Å²) in [4.78, 5) is 25.3. The molecule has 9 heteroatoms. The van der Waals surface area contributed by atoms with Crippen LogP contribution in [0.4, 0.5) is 0 Å². The van der Waals surface area contributed by atoms with Crippen molar-refractivity contribution >= 4 is 11.8 Å². The molecule has 1 aliphatic rings. The van der Waals surface area contributed by atoms with Gasteiger partial charge in [-0.3, -0.25) is 9.59 Å². The predicted octanol–water partition coefficient (Wildman–Crippen LogP) is 0.474. The smallest absolute Gasteiger partial charge is 0.311 e. The summed E-state index contributed by atoms with van der Waals surface area (Å²) in [7, 11) is 0. The molecule has 1 aliphatic heterocycles. The molecule has 3 heterocycles. The van der Waals surface area contributed by atoms with E-state index in [1.54, 1.807) is 0 Å². The van der Waals surface area contributed by atoms with Gasteiger partial charge in [0, 0.05) is 24.9 Å². The lowest BCUT2D eigenvalue weighted by Gasteiger charge is -2.24. The van der Waals surface area contributed by atoms with Crippen LogP contribution >= 0.6 is 0 Å². The van der Waals surface area contributed by atoms with Crippen molar-refractivity contribution in [3.05, 3.63) is 41.0 Å². The van der Waals surface area contributed by atoms with E-state index in [2.05, 4.69) is 15.4 Å². The summed E-state index contributed by atoms with van der Waals surface area (Å²) >= 11 is 0. The SMILES string of the molecule is C/C=C/Cc1nnc(C(=O)N2CCc3onc(C(N)=O)c3C2)o1. The lowest BCUT2D eigenvalue weighted by atomic mass is 10.1. The van der Waals surface area contributed by atoms with Crippen molar-refractivity contribution in [3.8, 4) is 0 Å². The first kappa shape index (κ1) is 14.9. The van der Waals surface area contributed by atoms with E-state index in [9.17, 15) is 9.59 Å². The number of nitrogens with zero attached hydrogens (tertiary/aromatic N) is 4. The molecule has 0 atom stereocenters. The molecule has 2 N–H and O–H groups in total. The Kier molecular flexibility index (Phi) is 3.92. The number of primary amides is 1. The van der Waals surface area contributed by atoms with Crippen LogP contribution in [0, 0.1) is 0 Å². The fourth-order valence-corrected chi connectivity index (χ4v) is 2.35. The molecule has 0 saturated heterocycles. The van der Waals surface area contributed by atoms with E-state index in [4.69, 9.17) is 14.7 Å². The van der Waals surface area contributed by atoms with Crippen molar-refractivity contribution in [2.24, 2.45) is 5.73 Å². The molecule has 0 aliphatic carbocycles. The molecule has 0 radical (unpaired) electrons. The van der Waals surface area contributed by atoms with Gasteiger partial charge >= 0.3 is 11.8 Å². The summed E-state index contributed by atoms with van der Waals surface area (Å²) in [5.74, 6) is -0.221. The van der Waals surface area contributed by atoms with Gasteiger partial charge in [0.2, 0.25) is 5.89 Å². The highest BCUT2D eigenvalue weighted by molar-refractivity contribution is 5.93. The van der Waals surface area contributed by atoms with Crippen LogP contribution < -0.4 is 5.73 Å². The van der Waals surface area contributed by atoms with Crippen molar-refractivity contribution in [3.63, 3.8) is 0 Å². The predicted molar refractivity (Wildman–Crippen MR) is 76.3 cm³/mol. The Bertz CT molecular complexity index is 776. The summed E-state index contributed by atoms with van der Waals surface area (Å²) < 4.78 is 10.4. The van der Waals surface area contributed by atoms with Crippen LogP contribution in [0.25, 0.3) is 0 Å². The van der Waals surface area contributed by atoms with Crippen LogP contribution in [0.15, 0.2) is 21.1 Å². The van der Waals surface area contributed by atoms with E-state index in [0.717, 1.165) is 0 Å². The molecule has 9 nitrogen and oxygen atoms in total. The second-order valence-corrected chi connectivity index (χ2v) is 5.05. The van der Waals surface area contributed by atoms with Crippen molar-refractivity contribution < 1.29 is 18.5 Å². The van der Waals surface area contributed by atoms with Gasteiger partial charge < -0.3 is 19.6 Å². The molecular weight excluding hydrogens is 302 g/mol. The molecule has 2 amide bonds. The van der Waals surface area contributed by atoms with E-state index in [-0.39, 0.29) is 18.1 Å². The normalized spacial score (nSPS) is 14.2. The second kappa shape index (κ2) is 6.03. The molecular formula is C14H15N5O4. The maximum Gasteiger partial charge on any atom is 0.311 e. The van der Waals surface area contributed by atoms with Crippen molar-refractivity contribution in [2.75, 3.05) is 6.54 Å². The maximum absolute atomic E-state index is 12.4. The van der Waals surface area contributed by atoms with Gasteiger partial charge in [0.05, 0.1) is 6.54 Å². The molecule has 0 bridgehead atoms. The molecule has 0 saturated carbocycles. The minimum atomic E-state index is -0.685. The van der Waals surface area contributed by atoms with Gasteiger partial charge in [0.15, 0.2) is 5.69 Å². The number of amides is 2. The number of nitrogens with two attached hydrogens (primary N) is 1. The number of carbonyl (C=O) groups excluding carboxylic acids is 2. The number of aromatic nitrogens is 3. The van der Waals surface area contributed by atoms with Crippen LogP contribution in [-0.2, 0) is 19.4 Å². The quantitative estimate of drug-likeness (QED) is 0.812. The Morgan fingerprint density at radius 1 is 1.39 bits per heavy atom. The summed E-state index contributed by atoms with van der Waals surface area (Å²) in [6.07, 6.45) is 4.62. The van der Waals surface area contributed by atoms with Crippen LogP contribution in [0.1, 0.15) is 45.3 Å². The van der Waals surface area contributed by atoms with Gasteiger partial charge in [0.1, 0.15) is 5.76 Å². The van der Waals surface area contributed by atoms with Crippen LogP contribution in [0.2, 0.25) is 0 Å². The standard InChI is InChI=1S/C14H15N5O4/c1-2-3-4-10-16-17-13(22-10)14(21)19-6-5-9-8(7-19)11(12(15)20)18-23-9/h2-3H,4-7H2,1H3,(H2,15,20)/b3-2+. The molecule has 0 spiro atoms. The molecule has 2 aromatic heterocycles. The topological polar surface area (TPSA) is 128 Å². The number of hydrogen-bond donors (Lipinski definition) is 1. The summed E-state index contributed by atoms with van der Waals surface area (Å²) in [5.41, 5.74) is 5.84. The highest BCUT2D eigenvalue weighted by atomic mass is 16.5. The number of allylic oxidation sites excluding steroid dienone is 2. The molecule has 0 fully saturated rings. The molecule has 0 unspecified atom stereocenters. The van der Waals surface area contributed by atoms with E-state index in [1.165, 1.54) is 4.90 Å². The molecule has 2 aromatic rings. The fraction of sp³-hybridized carbons (Fsp3) is 0.357. The second-order valence-electron chi connectivity index (χ2n) is 5.05. The number of fused-ring (bicyclic) bond motifs is 1. The fourth-order valence-electron chi connectivity index (χ4n) is 2.35. The molecule has 3 rings (SSSR count). The first-order valence-corrected chi connectivity index (χ1v) is 7.10. The molecule has 0 aromatic carbocycles. The monoisotopic (exact) mass is 317 g/mol. The van der Waals surface area contributed by atoms with Crippen molar-refractivity contribution in [2.45, 2.75) is 26.3 Å². The van der Waals surface area contributed by atoms with Gasteiger partial charge in [-0.05, 0) is 6.92 Å². The van der Waals surface area contributed by atoms with Gasteiger partial charge in [-0.25, -0.2) is 0 Å². The van der Waals surface area contributed by atoms with Gasteiger partial charge in [0.25, 0.3) is 5.91 Å². The Morgan fingerprint density at radius 2 is 2.22 bits per heavy atom. The maximum atomic E-state index is 12.4. The van der Waals surface area contributed by atoms with Gasteiger partial charge in [-0.15, -0.1) is 10.2 Å². The van der Waals surface area contributed by atoms with E-state index in [0.29, 0.717) is 36.6 Å². The summed E-state index contributed by atoms with van der Waals surface area (Å²) in [6, 6.07) is 0. The third-order valence-corrected chi connectivity index (χ3v) is 3.53. The van der Waals surface area contributed by atoms with E-state index < -0.39 is 11.8 Å².